The smallest absolute Gasteiger partial charge is 0.330 e. The molecule has 4 bridgehead atoms. The molecular formula is C36H52O16. The normalized spacial score (nSPS) is 33.3. The van der Waals surface area contributed by atoms with Gasteiger partial charge in [-0.2, -0.15) is 0 Å². The van der Waals surface area contributed by atoms with Crippen molar-refractivity contribution in [3.05, 3.63) is 36.0 Å². The zero-order chi connectivity index (χ0) is 38.5. The summed E-state index contributed by atoms with van der Waals surface area (Å²) in [6.07, 6.45) is 0.121. The van der Waals surface area contributed by atoms with E-state index >= 15 is 0 Å². The minimum atomic E-state index is -2.36. The summed E-state index contributed by atoms with van der Waals surface area (Å²) in [5.41, 5.74) is -1.29. The van der Waals surface area contributed by atoms with Crippen molar-refractivity contribution in [1.82, 2.24) is 0 Å². The number of cyclic esters (lactones) is 1. The van der Waals surface area contributed by atoms with E-state index < -0.39 is 84.6 Å². The lowest BCUT2D eigenvalue weighted by Gasteiger charge is -2.50. The number of aliphatic hydroxyl groups excluding tert-OH is 2. The number of hydrogen-bond acceptors (Lipinski definition) is 16. The number of carbonyl (C=O) groups is 5. The minimum Gasteiger partial charge on any atom is -0.466 e. The number of methoxy groups -OCH3 is 1. The quantitative estimate of drug-likeness (QED) is 0.139. The fraction of sp³-hybridized carbons (Fsp3) is 0.694. The van der Waals surface area contributed by atoms with Crippen molar-refractivity contribution in [2.75, 3.05) is 33.5 Å². The van der Waals surface area contributed by atoms with Gasteiger partial charge in [-0.1, -0.05) is 19.9 Å². The summed E-state index contributed by atoms with van der Waals surface area (Å²) in [6, 6.07) is 0. The second-order valence-electron chi connectivity index (χ2n) is 13.6. The first-order valence-electron chi connectivity index (χ1n) is 17.3. The fourth-order valence-corrected chi connectivity index (χ4v) is 6.05. The molecule has 1 unspecified atom stereocenters. The second-order valence-corrected chi connectivity index (χ2v) is 13.6. The highest BCUT2D eigenvalue weighted by atomic mass is 16.7. The van der Waals surface area contributed by atoms with E-state index in [0.717, 1.165) is 20.1 Å². The first-order valence-corrected chi connectivity index (χ1v) is 17.3. The van der Waals surface area contributed by atoms with Crippen molar-refractivity contribution < 1.29 is 77.2 Å². The predicted molar refractivity (Wildman–Crippen MR) is 179 cm³/mol. The van der Waals surface area contributed by atoms with E-state index in [1.807, 2.05) is 0 Å². The molecule has 3 heterocycles. The molecule has 0 aromatic carbocycles. The predicted octanol–water partition coefficient (Wildman–Crippen LogP) is 1.51. The lowest BCUT2D eigenvalue weighted by molar-refractivity contribution is -0.327. The number of carbonyl (C=O) groups excluding carboxylic acids is 5. The van der Waals surface area contributed by atoms with Gasteiger partial charge in [0, 0.05) is 44.5 Å². The minimum absolute atomic E-state index is 0.0813. The van der Waals surface area contributed by atoms with Crippen LogP contribution in [0.2, 0.25) is 0 Å². The second kappa shape index (κ2) is 20.1. The van der Waals surface area contributed by atoms with Crippen molar-refractivity contribution >= 4 is 29.7 Å². The molecule has 0 amide bonds. The third-order valence-corrected chi connectivity index (χ3v) is 8.76. The molecule has 52 heavy (non-hydrogen) atoms. The highest BCUT2D eigenvalue weighted by Gasteiger charge is 2.57. The monoisotopic (exact) mass is 740 g/mol. The summed E-state index contributed by atoms with van der Waals surface area (Å²) in [7, 11) is 1.16. The molecule has 16 heteroatoms. The van der Waals surface area contributed by atoms with Crippen molar-refractivity contribution in [3.8, 4) is 0 Å². The van der Waals surface area contributed by atoms with Crippen LogP contribution < -0.4 is 0 Å². The summed E-state index contributed by atoms with van der Waals surface area (Å²) in [6.45, 7) is 5.34. The number of ether oxygens (including phenoxy) is 8. The molecule has 0 aromatic heterocycles. The molecular weight excluding hydrogens is 688 g/mol. The maximum absolute atomic E-state index is 12.7. The number of esters is 4. The molecule has 3 N–H and O–H groups in total. The van der Waals surface area contributed by atoms with E-state index in [1.54, 1.807) is 13.8 Å². The van der Waals surface area contributed by atoms with Crippen LogP contribution in [0.25, 0.3) is 0 Å². The Kier molecular flexibility index (Phi) is 16.6. The average molecular weight is 741 g/mol. The molecule has 0 aliphatic carbocycles. The van der Waals surface area contributed by atoms with Gasteiger partial charge in [-0.15, -0.1) is 0 Å². The average Bonchev–Trinajstić information content (AvgIpc) is 3.06. The Morgan fingerprint density at radius 1 is 1.02 bits per heavy atom. The summed E-state index contributed by atoms with van der Waals surface area (Å²) in [5, 5.41) is 32.9. The molecule has 0 radical (unpaired) electrons. The van der Waals surface area contributed by atoms with Crippen LogP contribution >= 0.6 is 0 Å². The lowest BCUT2D eigenvalue weighted by Crippen LogP contribution is -2.62. The van der Waals surface area contributed by atoms with Crippen LogP contribution in [0.1, 0.15) is 72.6 Å². The third-order valence-electron chi connectivity index (χ3n) is 8.76. The first-order chi connectivity index (χ1) is 24.5. The van der Waals surface area contributed by atoms with Gasteiger partial charge >= 0.3 is 23.9 Å². The number of rotatable bonds is 8. The Labute approximate surface area is 303 Å². The maximum atomic E-state index is 12.7. The van der Waals surface area contributed by atoms with Crippen LogP contribution in [0, 0.1) is 5.41 Å². The van der Waals surface area contributed by atoms with Crippen LogP contribution in [0.4, 0.5) is 0 Å². The SMILES string of the molecule is COC(=O)/C=C1\CC2C[C@H](CO)OC(=O)C[C@H](O)CCOCC[C@@H]3C[C@H](CC(=O)OC/C=C/C(C)=O)O[C@H](/C=C/C(C)(C)[C@](O)(O2)[C@H]1OC(C)=O)O3. The zero-order valence-electron chi connectivity index (χ0n) is 30.4. The largest absolute Gasteiger partial charge is 0.466 e. The van der Waals surface area contributed by atoms with E-state index in [9.17, 15) is 39.3 Å². The molecule has 0 aromatic rings. The number of allylic oxidation sites excluding steroid dienone is 1. The Morgan fingerprint density at radius 3 is 2.40 bits per heavy atom. The molecule has 0 spiro atoms. The number of ketones is 1. The highest BCUT2D eigenvalue weighted by molar-refractivity contribution is 5.87. The molecule has 3 aliphatic rings. The van der Waals surface area contributed by atoms with Gasteiger partial charge in [-0.3, -0.25) is 19.2 Å². The molecule has 292 valence electrons. The van der Waals surface area contributed by atoms with E-state index in [1.165, 1.54) is 31.2 Å². The van der Waals surface area contributed by atoms with Crippen LogP contribution in [0.15, 0.2) is 36.0 Å². The van der Waals surface area contributed by atoms with Gasteiger partial charge in [0.15, 0.2) is 18.2 Å². The maximum Gasteiger partial charge on any atom is 0.330 e. The van der Waals surface area contributed by atoms with Crippen molar-refractivity contribution in [2.45, 2.75) is 121 Å². The Balaban J connectivity index is 2.00. The molecule has 2 fully saturated rings. The van der Waals surface area contributed by atoms with E-state index in [-0.39, 0.29) is 63.3 Å². The fourth-order valence-electron chi connectivity index (χ4n) is 6.05. The van der Waals surface area contributed by atoms with Crippen molar-refractivity contribution in [2.24, 2.45) is 5.41 Å². The summed E-state index contributed by atoms with van der Waals surface area (Å²) in [4.78, 5) is 61.3. The van der Waals surface area contributed by atoms with Gasteiger partial charge in [0.25, 0.3) is 0 Å². The first kappa shape index (κ1) is 42.9. The van der Waals surface area contributed by atoms with Crippen LogP contribution in [0.5, 0.6) is 0 Å². The molecule has 8 atom stereocenters. The van der Waals surface area contributed by atoms with Crippen molar-refractivity contribution in [3.63, 3.8) is 0 Å². The molecule has 0 saturated carbocycles. The molecule has 3 aliphatic heterocycles. The summed E-state index contributed by atoms with van der Waals surface area (Å²) in [5.74, 6) is -5.45. The lowest BCUT2D eigenvalue weighted by atomic mass is 9.74. The molecule has 3 rings (SSSR count). The third kappa shape index (κ3) is 13.2. The standard InChI is InChI=1S/C36H52O16/c1-22(38)7-6-12-47-31(42)20-27-18-26-10-14-46-13-9-25(40)17-32(43)49-29(21-37)19-28-15-24(16-30(41)45-5)34(48-23(2)39)36(44,52-28)35(3,4)11-8-33(50-26)51-27/h6-8,11,16,25-29,33-34,37,40,44H,9-10,12-15,17-21H2,1-5H3/b7-6+,11-8+,24-16+/t25-,26-,27-,28?,29-,33-,34+,36-/m1/s1. The van der Waals surface area contributed by atoms with Gasteiger partial charge in [0.05, 0.1) is 51.0 Å². The van der Waals surface area contributed by atoms with E-state index in [0.29, 0.717) is 12.8 Å². The topological polar surface area (TPSA) is 220 Å². The van der Waals surface area contributed by atoms with Gasteiger partial charge in [0.1, 0.15) is 12.7 Å². The number of fused-ring (bicyclic) bond motifs is 4. The Bertz CT molecular complexity index is 1340. The van der Waals surface area contributed by atoms with Gasteiger partial charge in [0.2, 0.25) is 5.79 Å². The van der Waals surface area contributed by atoms with Gasteiger partial charge < -0.3 is 53.2 Å². The van der Waals surface area contributed by atoms with Gasteiger partial charge in [-0.25, -0.2) is 4.79 Å². The number of hydrogen-bond donors (Lipinski definition) is 3. The highest BCUT2D eigenvalue weighted by Crippen LogP contribution is 2.46. The summed E-state index contributed by atoms with van der Waals surface area (Å²) >= 11 is 0. The van der Waals surface area contributed by atoms with E-state index in [4.69, 9.17) is 37.9 Å². The Morgan fingerprint density at radius 2 is 1.73 bits per heavy atom. The van der Waals surface area contributed by atoms with Crippen LogP contribution in [-0.2, 0) is 61.9 Å². The molecule has 2 saturated heterocycles. The Hall–Kier alpha value is -3.51. The zero-order valence-corrected chi connectivity index (χ0v) is 30.4. The van der Waals surface area contributed by atoms with Crippen molar-refractivity contribution in [1.29, 1.82) is 0 Å². The molecule has 16 nitrogen and oxygen atoms in total. The van der Waals surface area contributed by atoms with Gasteiger partial charge in [-0.05, 0) is 50.0 Å². The summed E-state index contributed by atoms with van der Waals surface area (Å²) < 4.78 is 45.3. The number of aliphatic hydroxyl groups is 3. The van der Waals surface area contributed by atoms with Crippen LogP contribution in [-0.4, -0.2) is 127 Å². The van der Waals surface area contributed by atoms with Crippen LogP contribution in [0.3, 0.4) is 0 Å². The van der Waals surface area contributed by atoms with E-state index in [2.05, 4.69) is 0 Å².